The van der Waals surface area contributed by atoms with E-state index in [0.717, 1.165) is 0 Å². The van der Waals surface area contributed by atoms with Crippen molar-refractivity contribution in [2.75, 3.05) is 19.7 Å². The zero-order valence-electron chi connectivity index (χ0n) is 7.99. The minimum absolute atomic E-state index is 0.0682. The number of nitrogens with zero attached hydrogens (tertiary/aromatic N) is 1. The van der Waals surface area contributed by atoms with Crippen LogP contribution in [0.25, 0.3) is 0 Å². The first-order valence-corrected chi connectivity index (χ1v) is 4.32. The number of halogens is 2. The zero-order valence-corrected chi connectivity index (χ0v) is 7.99. The number of alkyl halides is 2. The molecule has 0 amide bonds. The van der Waals surface area contributed by atoms with Crippen LogP contribution < -0.4 is 0 Å². The van der Waals surface area contributed by atoms with Crippen LogP contribution in [-0.4, -0.2) is 53.2 Å². The van der Waals surface area contributed by atoms with Crippen molar-refractivity contribution >= 4 is 5.97 Å². The minimum Gasteiger partial charge on any atom is -0.481 e. The molecule has 0 aromatic carbocycles. The Bertz CT molecular complexity index is 178. The molecule has 1 unspecified atom stereocenters. The third-order valence-electron chi connectivity index (χ3n) is 1.85. The lowest BCUT2D eigenvalue weighted by Crippen LogP contribution is -2.40. The second kappa shape index (κ2) is 6.67. The summed E-state index contributed by atoms with van der Waals surface area (Å²) in [4.78, 5) is 11.6. The number of aliphatic hydroxyl groups is 1. The van der Waals surface area contributed by atoms with E-state index in [-0.39, 0.29) is 19.6 Å². The summed E-state index contributed by atoms with van der Waals surface area (Å²) in [6, 6.07) is -0.492. The summed E-state index contributed by atoms with van der Waals surface area (Å²) in [6.45, 7) is 0.858. The Kier molecular flexibility index (Phi) is 6.31. The Balaban J connectivity index is 4.09. The lowest BCUT2D eigenvalue weighted by molar-refractivity contribution is -0.138. The normalized spacial score (nSPS) is 13.6. The second-order valence-corrected chi connectivity index (χ2v) is 3.06. The number of aliphatic carboxylic acids is 1. The van der Waals surface area contributed by atoms with E-state index in [9.17, 15) is 13.6 Å². The van der Waals surface area contributed by atoms with Gasteiger partial charge in [-0.1, -0.05) is 0 Å². The highest BCUT2D eigenvalue weighted by Gasteiger charge is 2.19. The number of rotatable bonds is 7. The molecule has 0 saturated carbocycles. The molecule has 4 nitrogen and oxygen atoms in total. The highest BCUT2D eigenvalue weighted by atomic mass is 19.3. The van der Waals surface area contributed by atoms with Crippen LogP contribution in [0.1, 0.15) is 13.3 Å². The van der Waals surface area contributed by atoms with Crippen molar-refractivity contribution in [3.8, 4) is 0 Å². The molecule has 0 spiro atoms. The standard InChI is InChI=1S/C8H15F2NO3/c1-6(4-8(13)14)11(2-3-12)5-7(9)10/h6-7,12H,2-5H2,1H3,(H,13,14). The van der Waals surface area contributed by atoms with Gasteiger partial charge in [0.05, 0.1) is 19.6 Å². The van der Waals surface area contributed by atoms with Crippen molar-refractivity contribution in [2.24, 2.45) is 0 Å². The van der Waals surface area contributed by atoms with Gasteiger partial charge in [0.1, 0.15) is 0 Å². The molecule has 84 valence electrons. The van der Waals surface area contributed by atoms with Gasteiger partial charge >= 0.3 is 5.97 Å². The first kappa shape index (κ1) is 13.2. The summed E-state index contributed by atoms with van der Waals surface area (Å²) < 4.78 is 24.1. The summed E-state index contributed by atoms with van der Waals surface area (Å²) in [5.41, 5.74) is 0. The highest BCUT2D eigenvalue weighted by Crippen LogP contribution is 2.06. The molecular weight excluding hydrogens is 196 g/mol. The van der Waals surface area contributed by atoms with Crippen molar-refractivity contribution < 1.29 is 23.8 Å². The molecule has 0 rings (SSSR count). The monoisotopic (exact) mass is 211 g/mol. The average molecular weight is 211 g/mol. The van der Waals surface area contributed by atoms with Crippen LogP contribution in [0, 0.1) is 0 Å². The molecular formula is C8H15F2NO3. The summed E-state index contributed by atoms with van der Waals surface area (Å²) in [5, 5.41) is 17.1. The van der Waals surface area contributed by atoms with Crippen molar-refractivity contribution in [3.63, 3.8) is 0 Å². The van der Waals surface area contributed by atoms with E-state index in [2.05, 4.69) is 0 Å². The van der Waals surface area contributed by atoms with Gasteiger partial charge in [-0.25, -0.2) is 8.78 Å². The minimum atomic E-state index is -2.52. The predicted octanol–water partition coefficient (Wildman–Crippen LogP) is 0.409. The summed E-state index contributed by atoms with van der Waals surface area (Å²) in [7, 11) is 0. The average Bonchev–Trinajstić information content (AvgIpc) is 2.01. The number of hydrogen-bond acceptors (Lipinski definition) is 3. The number of carboxylic acid groups (broad SMARTS) is 1. The van der Waals surface area contributed by atoms with Gasteiger partial charge in [0, 0.05) is 12.6 Å². The van der Waals surface area contributed by atoms with Gasteiger partial charge in [-0.2, -0.15) is 0 Å². The first-order valence-electron chi connectivity index (χ1n) is 4.32. The molecule has 0 heterocycles. The van der Waals surface area contributed by atoms with Crippen LogP contribution >= 0.6 is 0 Å². The topological polar surface area (TPSA) is 60.8 Å². The van der Waals surface area contributed by atoms with E-state index in [4.69, 9.17) is 10.2 Å². The van der Waals surface area contributed by atoms with E-state index in [1.807, 2.05) is 0 Å². The van der Waals surface area contributed by atoms with Gasteiger partial charge in [-0.05, 0) is 6.92 Å². The van der Waals surface area contributed by atoms with Crippen LogP contribution in [-0.2, 0) is 4.79 Å². The SMILES string of the molecule is CC(CC(=O)O)N(CCO)CC(F)F. The van der Waals surface area contributed by atoms with Crippen molar-refractivity contribution in [3.05, 3.63) is 0 Å². The van der Waals surface area contributed by atoms with Crippen LogP contribution in [0.5, 0.6) is 0 Å². The van der Waals surface area contributed by atoms with Gasteiger partial charge < -0.3 is 10.2 Å². The summed E-state index contributed by atoms with van der Waals surface area (Å²) in [5.74, 6) is -1.03. The summed E-state index contributed by atoms with van der Waals surface area (Å²) in [6.07, 6.45) is -2.72. The molecule has 1 atom stereocenters. The van der Waals surface area contributed by atoms with E-state index in [1.54, 1.807) is 6.92 Å². The second-order valence-electron chi connectivity index (χ2n) is 3.06. The molecule has 0 aromatic heterocycles. The number of carboxylic acids is 1. The Labute approximate surface area is 81.1 Å². The Morgan fingerprint density at radius 1 is 1.50 bits per heavy atom. The molecule has 0 aromatic rings. The molecule has 0 aliphatic rings. The Hall–Kier alpha value is -0.750. The third kappa shape index (κ3) is 5.82. The number of carbonyl (C=O) groups is 1. The van der Waals surface area contributed by atoms with Gasteiger partial charge in [-0.15, -0.1) is 0 Å². The fourth-order valence-electron chi connectivity index (χ4n) is 1.18. The largest absolute Gasteiger partial charge is 0.481 e. The smallest absolute Gasteiger partial charge is 0.304 e. The van der Waals surface area contributed by atoms with Crippen LogP contribution in [0.2, 0.25) is 0 Å². The Morgan fingerprint density at radius 2 is 2.07 bits per heavy atom. The maximum Gasteiger partial charge on any atom is 0.304 e. The molecule has 2 N–H and O–H groups in total. The van der Waals surface area contributed by atoms with Crippen LogP contribution in [0.3, 0.4) is 0 Å². The fourth-order valence-corrected chi connectivity index (χ4v) is 1.18. The number of hydrogen-bond donors (Lipinski definition) is 2. The molecule has 0 aliphatic carbocycles. The molecule has 14 heavy (non-hydrogen) atoms. The van der Waals surface area contributed by atoms with Gasteiger partial charge in [0.25, 0.3) is 6.43 Å². The molecule has 0 bridgehead atoms. The lowest BCUT2D eigenvalue weighted by Gasteiger charge is -2.26. The van der Waals surface area contributed by atoms with Crippen LogP contribution in [0.15, 0.2) is 0 Å². The maximum atomic E-state index is 12.0. The van der Waals surface area contributed by atoms with Gasteiger partial charge in [0.15, 0.2) is 0 Å². The molecule has 0 saturated heterocycles. The predicted molar refractivity (Wildman–Crippen MR) is 46.4 cm³/mol. The molecule has 0 radical (unpaired) electrons. The maximum absolute atomic E-state index is 12.0. The van der Waals surface area contributed by atoms with Gasteiger partial charge in [-0.3, -0.25) is 9.69 Å². The molecule has 6 heteroatoms. The van der Waals surface area contributed by atoms with Crippen molar-refractivity contribution in [1.82, 2.24) is 4.90 Å². The highest BCUT2D eigenvalue weighted by molar-refractivity contribution is 5.67. The van der Waals surface area contributed by atoms with Crippen molar-refractivity contribution in [1.29, 1.82) is 0 Å². The molecule has 0 aliphatic heterocycles. The zero-order chi connectivity index (χ0) is 11.1. The van der Waals surface area contributed by atoms with Crippen LogP contribution in [0.4, 0.5) is 8.78 Å². The van der Waals surface area contributed by atoms with E-state index in [1.165, 1.54) is 4.90 Å². The Morgan fingerprint density at radius 3 is 2.43 bits per heavy atom. The van der Waals surface area contributed by atoms with Gasteiger partial charge in [0.2, 0.25) is 0 Å². The van der Waals surface area contributed by atoms with E-state index >= 15 is 0 Å². The van der Waals surface area contributed by atoms with Crippen molar-refractivity contribution in [2.45, 2.75) is 25.8 Å². The van der Waals surface area contributed by atoms with E-state index < -0.39 is 25.0 Å². The lowest BCUT2D eigenvalue weighted by atomic mass is 10.2. The van der Waals surface area contributed by atoms with E-state index in [0.29, 0.717) is 0 Å². The molecule has 0 fully saturated rings. The third-order valence-corrected chi connectivity index (χ3v) is 1.85. The first-order chi connectivity index (χ1) is 6.47. The summed E-state index contributed by atoms with van der Waals surface area (Å²) >= 11 is 0. The number of aliphatic hydroxyl groups excluding tert-OH is 1. The fraction of sp³-hybridized carbons (Fsp3) is 0.875. The quantitative estimate of drug-likeness (QED) is 0.640.